The van der Waals surface area contributed by atoms with E-state index in [9.17, 15) is 4.79 Å². The molecule has 0 saturated carbocycles. The van der Waals surface area contributed by atoms with Gasteiger partial charge in [0.2, 0.25) is 0 Å². The van der Waals surface area contributed by atoms with Crippen LogP contribution < -0.4 is 5.32 Å². The van der Waals surface area contributed by atoms with Crippen molar-refractivity contribution in [3.05, 3.63) is 29.0 Å². The second-order valence-electron chi connectivity index (χ2n) is 5.15. The van der Waals surface area contributed by atoms with Gasteiger partial charge in [0.25, 0.3) is 5.91 Å². The third-order valence-corrected chi connectivity index (χ3v) is 3.87. The molecule has 2 heterocycles. The summed E-state index contributed by atoms with van der Waals surface area (Å²) in [5.74, 6) is 0.583. The highest BCUT2D eigenvalue weighted by molar-refractivity contribution is 6.30. The Kier molecular flexibility index (Phi) is 5.16. The van der Waals surface area contributed by atoms with Gasteiger partial charge >= 0.3 is 0 Å². The maximum atomic E-state index is 11.9. The summed E-state index contributed by atoms with van der Waals surface area (Å²) in [5.41, 5.74) is 0.385. The molecular weight excluding hydrogens is 262 g/mol. The van der Waals surface area contributed by atoms with Crippen molar-refractivity contribution >= 4 is 17.5 Å². The molecule has 0 unspecified atom stereocenters. The zero-order valence-electron chi connectivity index (χ0n) is 11.2. The van der Waals surface area contributed by atoms with Crippen molar-refractivity contribution in [2.24, 2.45) is 5.92 Å². The highest BCUT2D eigenvalue weighted by Gasteiger charge is 2.16. The topological polar surface area (TPSA) is 45.2 Å². The molecule has 1 saturated heterocycles. The van der Waals surface area contributed by atoms with Gasteiger partial charge in [-0.2, -0.15) is 0 Å². The molecule has 5 heteroatoms. The largest absolute Gasteiger partial charge is 0.351 e. The fourth-order valence-electron chi connectivity index (χ4n) is 2.36. The highest BCUT2D eigenvalue weighted by Crippen LogP contribution is 2.18. The summed E-state index contributed by atoms with van der Waals surface area (Å²) in [6, 6.07) is 3.25. The number of rotatable bonds is 4. The molecule has 1 N–H and O–H groups in total. The molecular formula is C14H20ClN3O. The lowest BCUT2D eigenvalue weighted by atomic mass is 9.94. The van der Waals surface area contributed by atoms with Gasteiger partial charge in [0.15, 0.2) is 0 Å². The number of amides is 1. The molecule has 19 heavy (non-hydrogen) atoms. The van der Waals surface area contributed by atoms with Crippen LogP contribution in [0.15, 0.2) is 18.3 Å². The van der Waals surface area contributed by atoms with Crippen LogP contribution >= 0.6 is 11.6 Å². The number of halogens is 1. The van der Waals surface area contributed by atoms with E-state index in [2.05, 4.69) is 22.2 Å². The Hall–Kier alpha value is -1.13. The lowest BCUT2D eigenvalue weighted by Gasteiger charge is -2.28. The van der Waals surface area contributed by atoms with E-state index in [0.717, 1.165) is 25.4 Å². The third-order valence-electron chi connectivity index (χ3n) is 3.63. The molecule has 2 rings (SSSR count). The standard InChI is InChI=1S/C14H20ClN3O/c1-18-8-4-11(5-9-18)2-6-17-14(19)13-10-12(15)3-7-16-13/h3,7,10-11H,2,4-6,8-9H2,1H3,(H,17,19). The van der Waals surface area contributed by atoms with E-state index in [0.29, 0.717) is 17.3 Å². The van der Waals surface area contributed by atoms with E-state index in [1.165, 1.54) is 12.8 Å². The molecule has 1 aliphatic heterocycles. The molecule has 0 aliphatic carbocycles. The summed E-state index contributed by atoms with van der Waals surface area (Å²) in [4.78, 5) is 18.2. The van der Waals surface area contributed by atoms with Crippen molar-refractivity contribution in [3.8, 4) is 0 Å². The Balaban J connectivity index is 1.72. The second kappa shape index (κ2) is 6.87. The lowest BCUT2D eigenvalue weighted by molar-refractivity contribution is 0.0944. The normalized spacial score (nSPS) is 17.4. The van der Waals surface area contributed by atoms with Crippen LogP contribution in [0.5, 0.6) is 0 Å². The van der Waals surface area contributed by atoms with Gasteiger partial charge in [-0.1, -0.05) is 11.6 Å². The van der Waals surface area contributed by atoms with Gasteiger partial charge in [-0.25, -0.2) is 0 Å². The average molecular weight is 282 g/mol. The summed E-state index contributed by atoms with van der Waals surface area (Å²) in [6.07, 6.45) is 5.04. The highest BCUT2D eigenvalue weighted by atomic mass is 35.5. The van der Waals surface area contributed by atoms with Gasteiger partial charge in [-0.05, 0) is 57.5 Å². The number of nitrogens with one attached hydrogen (secondary N) is 1. The predicted octanol–water partition coefficient (Wildman–Crippen LogP) is 2.20. The van der Waals surface area contributed by atoms with E-state index in [-0.39, 0.29) is 5.91 Å². The number of hydrogen-bond acceptors (Lipinski definition) is 3. The van der Waals surface area contributed by atoms with E-state index >= 15 is 0 Å². The van der Waals surface area contributed by atoms with Crippen LogP contribution in [0.1, 0.15) is 29.8 Å². The Morgan fingerprint density at radius 3 is 2.95 bits per heavy atom. The molecule has 1 aliphatic rings. The van der Waals surface area contributed by atoms with Crippen molar-refractivity contribution in [2.45, 2.75) is 19.3 Å². The molecule has 1 fully saturated rings. The van der Waals surface area contributed by atoms with Crippen molar-refractivity contribution in [3.63, 3.8) is 0 Å². The Labute approximate surface area is 119 Å². The first-order valence-corrected chi connectivity index (χ1v) is 7.11. The first-order chi connectivity index (χ1) is 9.15. The van der Waals surface area contributed by atoms with Crippen molar-refractivity contribution in [1.82, 2.24) is 15.2 Å². The molecule has 1 amide bonds. The quantitative estimate of drug-likeness (QED) is 0.920. The molecule has 1 aromatic rings. The number of nitrogens with zero attached hydrogens (tertiary/aromatic N) is 2. The summed E-state index contributed by atoms with van der Waals surface area (Å²) in [6.45, 7) is 3.03. The van der Waals surface area contributed by atoms with Gasteiger partial charge in [-0.15, -0.1) is 0 Å². The number of piperidine rings is 1. The maximum Gasteiger partial charge on any atom is 0.269 e. The zero-order valence-corrected chi connectivity index (χ0v) is 12.0. The van der Waals surface area contributed by atoms with Crippen molar-refractivity contribution in [1.29, 1.82) is 0 Å². The first kappa shape index (κ1) is 14.3. The smallest absolute Gasteiger partial charge is 0.269 e. The summed E-state index contributed by atoms with van der Waals surface area (Å²) >= 11 is 5.83. The van der Waals surface area contributed by atoms with Crippen molar-refractivity contribution < 1.29 is 4.79 Å². The van der Waals surface area contributed by atoms with Crippen LogP contribution in [0.4, 0.5) is 0 Å². The first-order valence-electron chi connectivity index (χ1n) is 6.73. The second-order valence-corrected chi connectivity index (χ2v) is 5.59. The fraction of sp³-hybridized carbons (Fsp3) is 0.571. The average Bonchev–Trinajstić information content (AvgIpc) is 2.41. The van der Waals surface area contributed by atoms with E-state index in [1.807, 2.05) is 0 Å². The number of carbonyl (C=O) groups is 1. The van der Waals surface area contributed by atoms with Gasteiger partial charge in [0, 0.05) is 17.8 Å². The Bertz CT molecular complexity index is 430. The summed E-state index contributed by atoms with van der Waals surface area (Å²) in [7, 11) is 2.16. The minimum absolute atomic E-state index is 0.143. The summed E-state index contributed by atoms with van der Waals surface area (Å²) in [5, 5.41) is 3.45. The van der Waals surface area contributed by atoms with E-state index in [4.69, 9.17) is 11.6 Å². The van der Waals surface area contributed by atoms with E-state index in [1.54, 1.807) is 18.3 Å². The SMILES string of the molecule is CN1CCC(CCNC(=O)c2cc(Cl)ccn2)CC1. The van der Waals surface area contributed by atoms with Crippen LogP contribution in [0, 0.1) is 5.92 Å². The summed E-state index contributed by atoms with van der Waals surface area (Å²) < 4.78 is 0. The number of carbonyl (C=O) groups excluding carboxylic acids is 1. The molecule has 0 atom stereocenters. The van der Waals surface area contributed by atoms with Gasteiger partial charge in [0.05, 0.1) is 0 Å². The molecule has 4 nitrogen and oxygen atoms in total. The minimum atomic E-state index is -0.143. The Morgan fingerprint density at radius 2 is 2.26 bits per heavy atom. The van der Waals surface area contributed by atoms with Gasteiger partial charge in [0.1, 0.15) is 5.69 Å². The van der Waals surface area contributed by atoms with Crippen molar-refractivity contribution in [2.75, 3.05) is 26.7 Å². The number of hydrogen-bond donors (Lipinski definition) is 1. The predicted molar refractivity (Wildman–Crippen MR) is 76.4 cm³/mol. The molecule has 0 bridgehead atoms. The van der Waals surface area contributed by atoms with E-state index < -0.39 is 0 Å². The monoisotopic (exact) mass is 281 g/mol. The van der Waals surface area contributed by atoms with Gasteiger partial charge < -0.3 is 10.2 Å². The zero-order chi connectivity index (χ0) is 13.7. The number of aromatic nitrogens is 1. The van der Waals surface area contributed by atoms with Gasteiger partial charge in [-0.3, -0.25) is 9.78 Å². The van der Waals surface area contributed by atoms with Crippen LogP contribution in [0.3, 0.4) is 0 Å². The number of pyridine rings is 1. The maximum absolute atomic E-state index is 11.9. The molecule has 0 spiro atoms. The molecule has 0 aromatic carbocycles. The lowest BCUT2D eigenvalue weighted by Crippen LogP contribution is -2.32. The third kappa shape index (κ3) is 4.48. The fourth-order valence-corrected chi connectivity index (χ4v) is 2.52. The van der Waals surface area contributed by atoms with Crippen LogP contribution in [0.25, 0.3) is 0 Å². The van der Waals surface area contributed by atoms with Crippen LogP contribution in [-0.4, -0.2) is 42.5 Å². The number of likely N-dealkylation sites (tertiary alicyclic amines) is 1. The van der Waals surface area contributed by atoms with Crippen LogP contribution in [-0.2, 0) is 0 Å². The molecule has 1 aromatic heterocycles. The molecule has 104 valence electrons. The molecule has 0 radical (unpaired) electrons. The Morgan fingerprint density at radius 1 is 1.53 bits per heavy atom. The minimum Gasteiger partial charge on any atom is -0.351 e. The van der Waals surface area contributed by atoms with Crippen LogP contribution in [0.2, 0.25) is 5.02 Å².